The van der Waals surface area contributed by atoms with Gasteiger partial charge in [0.2, 0.25) is 5.91 Å². The summed E-state index contributed by atoms with van der Waals surface area (Å²) < 4.78 is 5.75. The quantitative estimate of drug-likeness (QED) is 0.490. The highest BCUT2D eigenvalue weighted by Gasteiger charge is 2.24. The first kappa shape index (κ1) is 22.4. The molecule has 1 amide bonds. The van der Waals surface area contributed by atoms with Gasteiger partial charge in [-0.05, 0) is 55.6 Å². The SMILES string of the molecule is CN=C(NCc1cccc(CN2CCCC2=O)c1)NCC(c1ccco1)N1CCCCC1. The summed E-state index contributed by atoms with van der Waals surface area (Å²) in [5.74, 6) is 2.04. The zero-order valence-electron chi connectivity index (χ0n) is 19.1. The molecule has 1 aromatic heterocycles. The van der Waals surface area contributed by atoms with E-state index in [1.165, 1.54) is 30.4 Å². The fourth-order valence-corrected chi connectivity index (χ4v) is 4.65. The third-order valence-corrected chi connectivity index (χ3v) is 6.39. The van der Waals surface area contributed by atoms with E-state index in [0.717, 1.165) is 44.3 Å². The highest BCUT2D eigenvalue weighted by Crippen LogP contribution is 2.24. The molecule has 0 saturated carbocycles. The van der Waals surface area contributed by atoms with E-state index in [9.17, 15) is 4.79 Å². The Morgan fingerprint density at radius 3 is 2.62 bits per heavy atom. The number of carbonyl (C=O) groups excluding carboxylic acids is 1. The predicted molar refractivity (Wildman–Crippen MR) is 126 cm³/mol. The molecule has 1 atom stereocenters. The number of guanidine groups is 1. The number of piperidine rings is 1. The molecule has 2 aromatic rings. The maximum atomic E-state index is 11.9. The van der Waals surface area contributed by atoms with Crippen molar-refractivity contribution in [2.45, 2.75) is 51.2 Å². The maximum absolute atomic E-state index is 11.9. The number of nitrogens with one attached hydrogen (secondary N) is 2. The number of benzene rings is 1. The van der Waals surface area contributed by atoms with Crippen molar-refractivity contribution in [2.75, 3.05) is 33.2 Å². The molecule has 0 radical (unpaired) electrons. The number of nitrogens with zero attached hydrogens (tertiary/aromatic N) is 3. The summed E-state index contributed by atoms with van der Waals surface area (Å²) in [7, 11) is 1.80. The average Bonchev–Trinajstić information content (AvgIpc) is 3.49. The van der Waals surface area contributed by atoms with Gasteiger partial charge in [0.1, 0.15) is 5.76 Å². The first-order chi connectivity index (χ1) is 15.7. The van der Waals surface area contributed by atoms with Gasteiger partial charge in [0, 0.05) is 39.6 Å². The molecule has 1 aromatic carbocycles. The number of likely N-dealkylation sites (tertiary alicyclic amines) is 2. The van der Waals surface area contributed by atoms with Gasteiger partial charge in [0.15, 0.2) is 5.96 Å². The van der Waals surface area contributed by atoms with Crippen LogP contribution in [0.4, 0.5) is 0 Å². The van der Waals surface area contributed by atoms with E-state index >= 15 is 0 Å². The van der Waals surface area contributed by atoms with Crippen LogP contribution >= 0.6 is 0 Å². The Hall–Kier alpha value is -2.80. The van der Waals surface area contributed by atoms with Crippen LogP contribution in [0, 0.1) is 0 Å². The molecule has 2 saturated heterocycles. The van der Waals surface area contributed by atoms with Gasteiger partial charge < -0.3 is 20.0 Å². The lowest BCUT2D eigenvalue weighted by molar-refractivity contribution is -0.128. The number of amides is 1. The summed E-state index contributed by atoms with van der Waals surface area (Å²) >= 11 is 0. The fourth-order valence-electron chi connectivity index (χ4n) is 4.65. The molecule has 1 unspecified atom stereocenters. The van der Waals surface area contributed by atoms with Crippen molar-refractivity contribution in [2.24, 2.45) is 4.99 Å². The Balaban J connectivity index is 1.31. The van der Waals surface area contributed by atoms with E-state index in [1.54, 1.807) is 13.3 Å². The van der Waals surface area contributed by atoms with E-state index in [0.29, 0.717) is 19.5 Å². The molecule has 172 valence electrons. The van der Waals surface area contributed by atoms with E-state index in [2.05, 4.69) is 50.9 Å². The minimum absolute atomic E-state index is 0.199. The minimum Gasteiger partial charge on any atom is -0.468 e. The van der Waals surface area contributed by atoms with Gasteiger partial charge in [0.25, 0.3) is 0 Å². The Morgan fingerprint density at radius 1 is 1.06 bits per heavy atom. The number of carbonyl (C=O) groups is 1. The van der Waals surface area contributed by atoms with Crippen molar-refractivity contribution in [1.29, 1.82) is 0 Å². The fraction of sp³-hybridized carbons (Fsp3) is 0.520. The zero-order valence-corrected chi connectivity index (χ0v) is 19.1. The largest absolute Gasteiger partial charge is 0.468 e. The molecule has 2 aliphatic rings. The molecular weight excluding hydrogens is 402 g/mol. The number of aliphatic imine (C=N–C) groups is 1. The van der Waals surface area contributed by atoms with Crippen molar-refractivity contribution >= 4 is 11.9 Å². The Kier molecular flexibility index (Phi) is 7.82. The van der Waals surface area contributed by atoms with Crippen LogP contribution in [0.15, 0.2) is 52.1 Å². The maximum Gasteiger partial charge on any atom is 0.222 e. The lowest BCUT2D eigenvalue weighted by Gasteiger charge is -2.33. The summed E-state index contributed by atoms with van der Waals surface area (Å²) in [6.45, 7) is 5.18. The molecule has 0 bridgehead atoms. The normalized spacial score (nSPS) is 18.7. The van der Waals surface area contributed by atoms with Gasteiger partial charge in [-0.25, -0.2) is 0 Å². The van der Waals surface area contributed by atoms with Crippen LogP contribution in [0.1, 0.15) is 55.0 Å². The van der Waals surface area contributed by atoms with E-state index in [-0.39, 0.29) is 11.9 Å². The number of furan rings is 1. The highest BCUT2D eigenvalue weighted by molar-refractivity contribution is 5.79. The van der Waals surface area contributed by atoms with Gasteiger partial charge in [0.05, 0.1) is 12.3 Å². The van der Waals surface area contributed by atoms with Gasteiger partial charge in [-0.1, -0.05) is 30.7 Å². The van der Waals surface area contributed by atoms with Crippen molar-refractivity contribution in [1.82, 2.24) is 20.4 Å². The molecule has 7 nitrogen and oxygen atoms in total. The topological polar surface area (TPSA) is 73.1 Å². The van der Waals surface area contributed by atoms with Crippen molar-refractivity contribution in [3.63, 3.8) is 0 Å². The van der Waals surface area contributed by atoms with Crippen LogP contribution in [-0.2, 0) is 17.9 Å². The van der Waals surface area contributed by atoms with E-state index in [1.807, 2.05) is 11.0 Å². The van der Waals surface area contributed by atoms with E-state index < -0.39 is 0 Å². The second kappa shape index (κ2) is 11.2. The molecule has 7 heteroatoms. The van der Waals surface area contributed by atoms with Crippen LogP contribution in [0.2, 0.25) is 0 Å². The first-order valence-corrected chi connectivity index (χ1v) is 11.8. The van der Waals surface area contributed by atoms with Crippen LogP contribution in [-0.4, -0.2) is 54.9 Å². The van der Waals surface area contributed by atoms with Gasteiger partial charge in [-0.2, -0.15) is 0 Å². The van der Waals surface area contributed by atoms with Crippen molar-refractivity contribution in [3.05, 3.63) is 59.5 Å². The third kappa shape index (κ3) is 5.91. The van der Waals surface area contributed by atoms with Gasteiger partial charge in [-0.15, -0.1) is 0 Å². The summed E-state index contributed by atoms with van der Waals surface area (Å²) in [6.07, 6.45) is 7.19. The van der Waals surface area contributed by atoms with Crippen LogP contribution in [0.3, 0.4) is 0 Å². The standard InChI is InChI=1S/C25H35N5O2/c1-26-25(28-18-22(23-10-7-15-32-23)29-12-3-2-4-13-29)27-17-20-8-5-9-21(16-20)19-30-14-6-11-24(30)31/h5,7-10,15-16,22H,2-4,6,11-14,17-19H2,1H3,(H2,26,27,28). The Morgan fingerprint density at radius 2 is 1.91 bits per heavy atom. The molecule has 4 rings (SSSR count). The molecule has 32 heavy (non-hydrogen) atoms. The molecule has 2 fully saturated rings. The number of hydrogen-bond acceptors (Lipinski definition) is 4. The van der Waals surface area contributed by atoms with Crippen molar-refractivity contribution < 1.29 is 9.21 Å². The highest BCUT2D eigenvalue weighted by atomic mass is 16.3. The molecule has 3 heterocycles. The van der Waals surface area contributed by atoms with Gasteiger partial charge >= 0.3 is 0 Å². The smallest absolute Gasteiger partial charge is 0.222 e. The minimum atomic E-state index is 0.199. The van der Waals surface area contributed by atoms with Crippen molar-refractivity contribution in [3.8, 4) is 0 Å². The number of hydrogen-bond donors (Lipinski definition) is 2. The summed E-state index contributed by atoms with van der Waals surface area (Å²) in [5, 5.41) is 6.92. The summed E-state index contributed by atoms with van der Waals surface area (Å²) in [6, 6.07) is 12.7. The average molecular weight is 438 g/mol. The predicted octanol–water partition coefficient (Wildman–Crippen LogP) is 3.29. The molecule has 0 spiro atoms. The first-order valence-electron chi connectivity index (χ1n) is 11.8. The Bertz CT molecular complexity index is 889. The van der Waals surface area contributed by atoms with Crippen LogP contribution in [0.25, 0.3) is 0 Å². The summed E-state index contributed by atoms with van der Waals surface area (Å²) in [4.78, 5) is 20.8. The third-order valence-electron chi connectivity index (χ3n) is 6.39. The molecule has 2 aliphatic heterocycles. The second-order valence-corrected chi connectivity index (χ2v) is 8.67. The Labute approximate surface area is 190 Å². The lowest BCUT2D eigenvalue weighted by atomic mass is 10.1. The molecule has 2 N–H and O–H groups in total. The monoisotopic (exact) mass is 437 g/mol. The second-order valence-electron chi connectivity index (χ2n) is 8.67. The lowest BCUT2D eigenvalue weighted by Crippen LogP contribution is -2.44. The van der Waals surface area contributed by atoms with Gasteiger partial charge in [-0.3, -0.25) is 14.7 Å². The zero-order chi connectivity index (χ0) is 22.2. The van der Waals surface area contributed by atoms with Crippen LogP contribution in [0.5, 0.6) is 0 Å². The molecular formula is C25H35N5O2. The van der Waals surface area contributed by atoms with E-state index in [4.69, 9.17) is 4.42 Å². The summed E-state index contributed by atoms with van der Waals surface area (Å²) in [5.41, 5.74) is 2.35. The number of rotatable bonds is 8. The molecule has 0 aliphatic carbocycles. The van der Waals surface area contributed by atoms with Crippen LogP contribution < -0.4 is 10.6 Å².